The van der Waals surface area contributed by atoms with Gasteiger partial charge in [-0.25, -0.2) is 9.98 Å². The van der Waals surface area contributed by atoms with Crippen molar-refractivity contribution >= 4 is 72.5 Å². The number of thioether (sulfide) groups is 1. The van der Waals surface area contributed by atoms with Gasteiger partial charge in [0.05, 0.1) is 25.9 Å². The Bertz CT molecular complexity index is 990. The van der Waals surface area contributed by atoms with E-state index in [1.54, 1.807) is 29.2 Å². The summed E-state index contributed by atoms with van der Waals surface area (Å²) < 4.78 is 1.03. The third-order valence-corrected chi connectivity index (χ3v) is 7.33. The van der Waals surface area contributed by atoms with Crippen LogP contribution in [0.1, 0.15) is 19.4 Å². The molecule has 4 nitrogen and oxygen atoms in total. The Morgan fingerprint density at radius 3 is 2.64 bits per heavy atom. The van der Waals surface area contributed by atoms with Crippen molar-refractivity contribution in [3.63, 3.8) is 0 Å². The minimum Gasteiger partial charge on any atom is -0.361 e. The van der Waals surface area contributed by atoms with Gasteiger partial charge in [-0.1, -0.05) is 58.4 Å². The minimum absolute atomic E-state index is 0.117. The number of halogens is 2. The normalized spacial score (nSPS) is 17.2. The molecule has 1 aromatic heterocycles. The topological polar surface area (TPSA) is 49.3 Å². The van der Waals surface area contributed by atoms with Crippen LogP contribution in [0.4, 0.5) is 10.8 Å². The maximum atomic E-state index is 6.07. The van der Waals surface area contributed by atoms with E-state index in [0.717, 1.165) is 44.9 Å². The lowest BCUT2D eigenvalue weighted by molar-refractivity contribution is 0.537. The number of fused-ring (bicyclic) bond motifs is 1. The van der Waals surface area contributed by atoms with Gasteiger partial charge in [-0.3, -0.25) is 0 Å². The number of nitrogens with zero attached hydrogens (tertiary/aromatic N) is 2. The van der Waals surface area contributed by atoms with Crippen molar-refractivity contribution in [1.29, 1.82) is 0 Å². The first-order chi connectivity index (χ1) is 13.4. The molecule has 0 saturated carbocycles. The van der Waals surface area contributed by atoms with Crippen molar-refractivity contribution in [2.45, 2.75) is 25.8 Å². The number of aromatic nitrogens is 1. The van der Waals surface area contributed by atoms with Crippen LogP contribution < -0.4 is 10.6 Å². The summed E-state index contributed by atoms with van der Waals surface area (Å²) in [4.78, 5) is 9.25. The Labute approximate surface area is 182 Å². The van der Waals surface area contributed by atoms with E-state index in [0.29, 0.717) is 10.0 Å². The van der Waals surface area contributed by atoms with Gasteiger partial charge in [0, 0.05) is 17.8 Å². The van der Waals surface area contributed by atoms with Crippen LogP contribution >= 0.6 is 46.3 Å². The van der Waals surface area contributed by atoms with Gasteiger partial charge in [-0.05, 0) is 50.1 Å². The molecule has 2 heterocycles. The fourth-order valence-corrected chi connectivity index (χ4v) is 5.22. The van der Waals surface area contributed by atoms with Crippen LogP contribution in [0.25, 0.3) is 10.2 Å². The van der Waals surface area contributed by atoms with Crippen molar-refractivity contribution in [2.24, 2.45) is 4.99 Å². The summed E-state index contributed by atoms with van der Waals surface area (Å²) in [6.45, 7) is 5.18. The average Bonchev–Trinajstić information content (AvgIpc) is 3.19. The predicted molar refractivity (Wildman–Crippen MR) is 125 cm³/mol. The summed E-state index contributed by atoms with van der Waals surface area (Å²) in [5, 5.41) is 9.79. The highest BCUT2D eigenvalue weighted by Crippen LogP contribution is 2.33. The molecule has 1 aliphatic heterocycles. The maximum absolute atomic E-state index is 6.07. The van der Waals surface area contributed by atoms with Crippen molar-refractivity contribution in [3.8, 4) is 0 Å². The summed E-state index contributed by atoms with van der Waals surface area (Å²) >= 11 is 15.5. The van der Waals surface area contributed by atoms with Crippen LogP contribution in [0, 0.1) is 0 Å². The van der Waals surface area contributed by atoms with E-state index < -0.39 is 0 Å². The first-order valence-electron chi connectivity index (χ1n) is 8.96. The van der Waals surface area contributed by atoms with Gasteiger partial charge < -0.3 is 10.6 Å². The molecular formula is C20H20Cl2N4S2. The molecule has 8 heteroatoms. The van der Waals surface area contributed by atoms with Crippen molar-refractivity contribution in [2.75, 3.05) is 17.6 Å². The molecule has 3 aromatic rings. The predicted octanol–water partition coefficient (Wildman–Crippen LogP) is 6.36. The number of amidine groups is 1. The van der Waals surface area contributed by atoms with E-state index in [4.69, 9.17) is 23.2 Å². The molecule has 146 valence electrons. The molecule has 1 saturated heterocycles. The monoisotopic (exact) mass is 450 g/mol. The number of hydrogen-bond donors (Lipinski definition) is 2. The quantitative estimate of drug-likeness (QED) is 0.474. The lowest BCUT2D eigenvalue weighted by atomic mass is 10.1. The Balaban J connectivity index is 1.33. The van der Waals surface area contributed by atoms with E-state index in [1.165, 1.54) is 5.56 Å². The first-order valence-corrected chi connectivity index (χ1v) is 11.5. The van der Waals surface area contributed by atoms with Crippen LogP contribution in [-0.4, -0.2) is 28.0 Å². The molecular weight excluding hydrogens is 431 g/mol. The van der Waals surface area contributed by atoms with Crippen LogP contribution in [0.5, 0.6) is 0 Å². The smallest absolute Gasteiger partial charge is 0.183 e. The molecule has 0 aliphatic carbocycles. The summed E-state index contributed by atoms with van der Waals surface area (Å²) in [5.41, 5.74) is 3.22. The molecule has 2 N–H and O–H groups in total. The van der Waals surface area contributed by atoms with Crippen LogP contribution in [0.3, 0.4) is 0 Å². The number of hydrogen-bond acceptors (Lipinski definition) is 5. The Morgan fingerprint density at radius 1 is 1.18 bits per heavy atom. The zero-order valence-corrected chi connectivity index (χ0v) is 18.7. The summed E-state index contributed by atoms with van der Waals surface area (Å²) in [7, 11) is 0. The largest absolute Gasteiger partial charge is 0.361 e. The molecule has 0 radical (unpaired) electrons. The fourth-order valence-electron chi connectivity index (χ4n) is 2.84. The fraction of sp³-hybridized carbons (Fsp3) is 0.300. The number of benzene rings is 2. The van der Waals surface area contributed by atoms with Crippen molar-refractivity contribution in [3.05, 3.63) is 52.0 Å². The molecule has 4 rings (SSSR count). The highest BCUT2D eigenvalue weighted by molar-refractivity contribution is 8.14. The number of nitrogens with one attached hydrogen (secondary N) is 2. The summed E-state index contributed by atoms with van der Waals surface area (Å²) in [6, 6.07) is 12.1. The zero-order chi connectivity index (χ0) is 19.7. The molecule has 2 aromatic carbocycles. The lowest BCUT2D eigenvalue weighted by Crippen LogP contribution is -2.36. The van der Waals surface area contributed by atoms with Crippen molar-refractivity contribution < 1.29 is 0 Å². The number of thiazole rings is 1. The molecule has 0 bridgehead atoms. The molecule has 0 atom stereocenters. The highest BCUT2D eigenvalue weighted by atomic mass is 35.5. The van der Waals surface area contributed by atoms with E-state index in [1.807, 2.05) is 6.07 Å². The molecule has 1 aliphatic rings. The number of anilines is 1. The Kier molecular flexibility index (Phi) is 5.74. The number of aliphatic imine (C=N–C) groups is 1. The second-order valence-electron chi connectivity index (χ2n) is 7.31. The molecule has 0 unspecified atom stereocenters. The third-order valence-electron chi connectivity index (χ3n) is 4.30. The van der Waals surface area contributed by atoms with Crippen LogP contribution in [-0.2, 0) is 6.42 Å². The molecule has 1 fully saturated rings. The molecule has 0 amide bonds. The second kappa shape index (κ2) is 8.11. The summed E-state index contributed by atoms with van der Waals surface area (Å²) in [6.07, 6.45) is 0.911. The Morgan fingerprint density at radius 2 is 1.93 bits per heavy atom. The van der Waals surface area contributed by atoms with E-state index in [2.05, 4.69) is 58.7 Å². The van der Waals surface area contributed by atoms with E-state index in [9.17, 15) is 0 Å². The highest BCUT2D eigenvalue weighted by Gasteiger charge is 2.27. The molecule has 28 heavy (non-hydrogen) atoms. The molecule has 0 spiro atoms. The lowest BCUT2D eigenvalue weighted by Gasteiger charge is -2.15. The average molecular weight is 451 g/mol. The van der Waals surface area contributed by atoms with Crippen LogP contribution in [0.2, 0.25) is 10.0 Å². The van der Waals surface area contributed by atoms with Gasteiger partial charge in [0.2, 0.25) is 0 Å². The summed E-state index contributed by atoms with van der Waals surface area (Å²) in [5.74, 6) is 1.04. The third kappa shape index (κ3) is 4.74. The maximum Gasteiger partial charge on any atom is 0.183 e. The standard InChI is InChI=1S/C20H20Cl2N4S2/c1-20(2)11-27-19(26-20)24-13-5-3-12(4-6-13)7-8-23-18-25-16-9-14(21)15(22)10-17(16)28-18/h3-6,9-10H,7-8,11H2,1-2H3,(H,23,25)(H,24,26). The van der Waals surface area contributed by atoms with E-state index in [-0.39, 0.29) is 5.54 Å². The van der Waals surface area contributed by atoms with Gasteiger partial charge in [0.15, 0.2) is 10.3 Å². The van der Waals surface area contributed by atoms with E-state index >= 15 is 0 Å². The van der Waals surface area contributed by atoms with Crippen molar-refractivity contribution in [1.82, 2.24) is 10.3 Å². The van der Waals surface area contributed by atoms with Gasteiger partial charge in [-0.2, -0.15) is 0 Å². The van der Waals surface area contributed by atoms with Gasteiger partial charge in [-0.15, -0.1) is 0 Å². The Hall–Kier alpha value is -1.47. The second-order valence-corrected chi connectivity index (χ2v) is 10.1. The van der Waals surface area contributed by atoms with Gasteiger partial charge in [0.25, 0.3) is 0 Å². The van der Waals surface area contributed by atoms with Crippen LogP contribution in [0.15, 0.2) is 41.4 Å². The minimum atomic E-state index is 0.117. The zero-order valence-electron chi connectivity index (χ0n) is 15.6. The number of rotatable bonds is 5. The van der Waals surface area contributed by atoms with Gasteiger partial charge >= 0.3 is 0 Å². The SMILES string of the molecule is CC1(C)CS/C(=N\c2ccc(CCNc3nc4cc(Cl)c(Cl)cc4s3)cc2)N1. The first kappa shape index (κ1) is 19.8. The van der Waals surface area contributed by atoms with Gasteiger partial charge in [0.1, 0.15) is 0 Å².